The third-order valence-electron chi connectivity index (χ3n) is 1.80. The van der Waals surface area contributed by atoms with E-state index in [9.17, 15) is 33.7 Å². The molecule has 0 radical (unpaired) electrons. The van der Waals surface area contributed by atoms with E-state index in [1.165, 1.54) is 0 Å². The molecule has 24 heavy (non-hydrogen) atoms. The van der Waals surface area contributed by atoms with Crippen LogP contribution in [0.15, 0.2) is 0 Å². The molecule has 146 valence electrons. The van der Waals surface area contributed by atoms with Crippen LogP contribution in [0.4, 0.5) is 0 Å². The average Bonchev–Trinajstić information content (AvgIpc) is 2.25. The molecule has 0 amide bonds. The van der Waals surface area contributed by atoms with Gasteiger partial charge in [-0.3, -0.25) is 17.5 Å². The summed E-state index contributed by atoms with van der Waals surface area (Å²) in [4.78, 5) is 0. The van der Waals surface area contributed by atoms with Gasteiger partial charge >= 0.3 is 20.8 Å². The summed E-state index contributed by atoms with van der Waals surface area (Å²) in [6.45, 7) is -2.46. The van der Waals surface area contributed by atoms with Crippen LogP contribution in [0.5, 0.6) is 0 Å². The maximum absolute atomic E-state index is 10.9. The minimum atomic E-state index is -5.28. The molecule has 0 saturated carbocycles. The number of rotatable bonds is 11. The number of hydrogen-bond donors (Lipinski definition) is 2. The molecular formula is C6H14O14S4. The van der Waals surface area contributed by atoms with E-state index in [0.29, 0.717) is 12.5 Å². The highest BCUT2D eigenvalue weighted by Crippen LogP contribution is 2.13. The van der Waals surface area contributed by atoms with E-state index in [0.717, 1.165) is 0 Å². The smallest absolute Gasteiger partial charge is 0.267 e. The topological polar surface area (TPSA) is 214 Å². The van der Waals surface area contributed by atoms with Crippen LogP contribution in [0.1, 0.15) is 0 Å². The van der Waals surface area contributed by atoms with Gasteiger partial charge in [0.2, 0.25) is 0 Å². The summed E-state index contributed by atoms with van der Waals surface area (Å²) in [6, 6.07) is 0. The Balaban J connectivity index is 5.57. The molecule has 0 aromatic heterocycles. The van der Waals surface area contributed by atoms with Crippen molar-refractivity contribution in [2.75, 3.05) is 25.7 Å². The van der Waals surface area contributed by atoms with E-state index < -0.39 is 66.5 Å². The summed E-state index contributed by atoms with van der Waals surface area (Å²) < 4.78 is 120. The molecule has 0 saturated heterocycles. The molecule has 0 aliphatic rings. The van der Waals surface area contributed by atoms with Crippen molar-refractivity contribution in [2.24, 2.45) is 0 Å². The summed E-state index contributed by atoms with van der Waals surface area (Å²) in [7, 11) is -18.9. The molecule has 0 aliphatic carbocycles. The molecule has 2 N–H and O–H groups in total. The lowest BCUT2D eigenvalue weighted by Crippen LogP contribution is -2.42. The lowest BCUT2D eigenvalue weighted by molar-refractivity contribution is -0.00228. The van der Waals surface area contributed by atoms with Crippen molar-refractivity contribution in [1.82, 2.24) is 0 Å². The minimum Gasteiger partial charge on any atom is -0.267 e. The van der Waals surface area contributed by atoms with Gasteiger partial charge in [0.25, 0.3) is 20.2 Å². The van der Waals surface area contributed by atoms with Gasteiger partial charge in [-0.2, -0.15) is 33.7 Å². The van der Waals surface area contributed by atoms with Crippen molar-refractivity contribution in [3.63, 3.8) is 0 Å². The second kappa shape index (κ2) is 8.29. The second-order valence-electron chi connectivity index (χ2n) is 4.10. The van der Waals surface area contributed by atoms with Crippen LogP contribution in [-0.2, 0) is 57.8 Å². The van der Waals surface area contributed by atoms with Gasteiger partial charge in [-0.05, 0) is 0 Å². The zero-order valence-corrected chi connectivity index (χ0v) is 15.3. The van der Waals surface area contributed by atoms with Gasteiger partial charge in [0, 0.05) is 0 Å². The lowest BCUT2D eigenvalue weighted by atomic mass is 10.2. The molecule has 0 aliphatic heterocycles. The minimum absolute atomic E-state index is 0.545. The Morgan fingerprint density at radius 1 is 0.667 bits per heavy atom. The predicted molar refractivity (Wildman–Crippen MR) is 74.4 cm³/mol. The van der Waals surface area contributed by atoms with Crippen molar-refractivity contribution in [3.8, 4) is 0 Å². The average molecular weight is 438 g/mol. The molecule has 2 atom stereocenters. The van der Waals surface area contributed by atoms with E-state index in [1.807, 2.05) is 0 Å². The normalized spacial score (nSPS) is 16.7. The lowest BCUT2D eigenvalue weighted by Gasteiger charge is -2.23. The van der Waals surface area contributed by atoms with Crippen LogP contribution in [-0.4, -0.2) is 80.7 Å². The van der Waals surface area contributed by atoms with Gasteiger partial charge in [-0.25, -0.2) is 8.37 Å². The molecule has 0 spiro atoms. The largest absolute Gasteiger partial charge is 0.397 e. The molecule has 0 bridgehead atoms. The van der Waals surface area contributed by atoms with E-state index in [1.54, 1.807) is 0 Å². The van der Waals surface area contributed by atoms with Gasteiger partial charge in [0.05, 0.1) is 25.7 Å². The van der Waals surface area contributed by atoms with Crippen molar-refractivity contribution >= 4 is 41.0 Å². The standard InChI is InChI=1S/C6H14O14S4/c1-21(7,8)17-3-5(19-23(11,12)13)6(20-24(14,15)16)4-18-22(2,9)10/h5-6H,3-4H2,1-2H3,(H,11,12,13)(H,14,15,16). The van der Waals surface area contributed by atoms with Gasteiger partial charge in [0.15, 0.2) is 0 Å². The Hall–Kier alpha value is -0.440. The first kappa shape index (κ1) is 23.6. The van der Waals surface area contributed by atoms with Crippen LogP contribution in [0.25, 0.3) is 0 Å². The summed E-state index contributed by atoms with van der Waals surface area (Å²) in [5, 5.41) is 0. The Labute approximate surface area is 138 Å². The van der Waals surface area contributed by atoms with E-state index >= 15 is 0 Å². The van der Waals surface area contributed by atoms with Gasteiger partial charge in [-0.1, -0.05) is 0 Å². The van der Waals surface area contributed by atoms with Crippen LogP contribution < -0.4 is 0 Å². The van der Waals surface area contributed by atoms with Gasteiger partial charge in [-0.15, -0.1) is 0 Å². The maximum atomic E-state index is 10.9. The molecule has 18 heteroatoms. The maximum Gasteiger partial charge on any atom is 0.397 e. The van der Waals surface area contributed by atoms with E-state index in [-0.39, 0.29) is 0 Å². The summed E-state index contributed by atoms with van der Waals surface area (Å²) >= 11 is 0. The van der Waals surface area contributed by atoms with Crippen LogP contribution in [0.3, 0.4) is 0 Å². The molecule has 0 aromatic rings. The fourth-order valence-electron chi connectivity index (χ4n) is 1.09. The third kappa shape index (κ3) is 13.9. The highest BCUT2D eigenvalue weighted by molar-refractivity contribution is 7.86. The summed E-state index contributed by atoms with van der Waals surface area (Å²) in [6.07, 6.45) is -3.36. The molecule has 2 unspecified atom stereocenters. The highest BCUT2D eigenvalue weighted by Gasteiger charge is 2.34. The second-order valence-corrected chi connectivity index (χ2v) is 9.49. The van der Waals surface area contributed by atoms with Gasteiger partial charge < -0.3 is 0 Å². The molecular weight excluding hydrogens is 424 g/mol. The van der Waals surface area contributed by atoms with Crippen LogP contribution in [0.2, 0.25) is 0 Å². The predicted octanol–water partition coefficient (Wildman–Crippen LogP) is -2.69. The third-order valence-corrected chi connectivity index (χ3v) is 3.91. The zero-order chi connectivity index (χ0) is 19.4. The summed E-state index contributed by atoms with van der Waals surface area (Å²) in [5.41, 5.74) is 0. The first-order valence-electron chi connectivity index (χ1n) is 5.38. The first-order valence-corrected chi connectivity index (χ1v) is 11.7. The molecule has 0 fully saturated rings. The van der Waals surface area contributed by atoms with Crippen molar-refractivity contribution in [3.05, 3.63) is 0 Å². The Morgan fingerprint density at radius 2 is 0.917 bits per heavy atom. The fourth-order valence-corrected chi connectivity index (χ4v) is 2.83. The quantitative estimate of drug-likeness (QED) is 0.248. The van der Waals surface area contributed by atoms with Crippen molar-refractivity contribution in [2.45, 2.75) is 12.2 Å². The number of hydrogen-bond acceptors (Lipinski definition) is 12. The Bertz CT molecular complexity index is 746. The SMILES string of the molecule is CS(=O)(=O)OCC(OS(=O)(=O)O)C(COS(C)(=O)=O)OS(=O)(=O)O. The summed E-state index contributed by atoms with van der Waals surface area (Å²) in [5.74, 6) is 0. The Morgan fingerprint density at radius 3 is 1.08 bits per heavy atom. The van der Waals surface area contributed by atoms with Crippen molar-refractivity contribution in [1.29, 1.82) is 0 Å². The van der Waals surface area contributed by atoms with E-state index in [4.69, 9.17) is 9.11 Å². The van der Waals surface area contributed by atoms with E-state index in [2.05, 4.69) is 16.7 Å². The van der Waals surface area contributed by atoms with Crippen molar-refractivity contribution < 1.29 is 59.5 Å². The van der Waals surface area contributed by atoms with Crippen LogP contribution in [0, 0.1) is 0 Å². The monoisotopic (exact) mass is 438 g/mol. The molecule has 14 nitrogen and oxygen atoms in total. The first-order chi connectivity index (χ1) is 10.4. The fraction of sp³-hybridized carbons (Fsp3) is 1.00. The molecule has 0 aromatic carbocycles. The highest BCUT2D eigenvalue weighted by atomic mass is 32.3. The zero-order valence-electron chi connectivity index (χ0n) is 12.0. The van der Waals surface area contributed by atoms with Gasteiger partial charge in [0.1, 0.15) is 12.2 Å². The Kier molecular flexibility index (Phi) is 8.14. The molecule has 0 heterocycles. The van der Waals surface area contributed by atoms with Crippen LogP contribution >= 0.6 is 0 Å². The molecule has 0 rings (SSSR count).